The minimum absolute atomic E-state index is 0.777. The Morgan fingerprint density at radius 3 is 2.61 bits per heavy atom. The van der Waals surface area contributed by atoms with Gasteiger partial charge < -0.3 is 5.73 Å². The van der Waals surface area contributed by atoms with Gasteiger partial charge in [-0.2, -0.15) is 5.10 Å². The van der Waals surface area contributed by atoms with Gasteiger partial charge in [-0.05, 0) is 40.5 Å². The number of anilines is 1. The van der Waals surface area contributed by atoms with Crippen molar-refractivity contribution in [3.8, 4) is 5.69 Å². The molecular formula is C13H17BrN4. The van der Waals surface area contributed by atoms with Crippen LogP contribution in [-0.2, 0) is 12.8 Å². The topological polar surface area (TPSA) is 56.7 Å². The van der Waals surface area contributed by atoms with Gasteiger partial charge in [-0.15, -0.1) is 0 Å². The van der Waals surface area contributed by atoms with Crippen LogP contribution in [0.5, 0.6) is 0 Å². The highest BCUT2D eigenvalue weighted by Crippen LogP contribution is 2.27. The lowest BCUT2D eigenvalue weighted by Crippen LogP contribution is -2.04. The lowest BCUT2D eigenvalue weighted by Gasteiger charge is -2.10. The maximum absolute atomic E-state index is 5.89. The van der Waals surface area contributed by atoms with Crippen molar-refractivity contribution in [2.24, 2.45) is 0 Å². The van der Waals surface area contributed by atoms with Crippen LogP contribution in [0.25, 0.3) is 5.69 Å². The molecule has 1 aromatic carbocycles. The van der Waals surface area contributed by atoms with Gasteiger partial charge in [-0.1, -0.05) is 13.8 Å². The third-order valence-electron chi connectivity index (χ3n) is 2.91. The summed E-state index contributed by atoms with van der Waals surface area (Å²) in [5.41, 5.74) is 8.71. The first-order valence-corrected chi connectivity index (χ1v) is 6.86. The Hall–Kier alpha value is -1.36. The van der Waals surface area contributed by atoms with Gasteiger partial charge in [0.05, 0.1) is 5.69 Å². The van der Waals surface area contributed by atoms with E-state index in [4.69, 9.17) is 5.73 Å². The van der Waals surface area contributed by atoms with Gasteiger partial charge in [0, 0.05) is 23.0 Å². The van der Waals surface area contributed by atoms with E-state index in [0.717, 1.165) is 45.9 Å². The standard InChI is InChI=1S/C13H17BrN4/c1-4-12-16-13(5-2)18(17-12)11-6-8(3)10(15)7-9(11)14/h6-7H,4-5,15H2,1-3H3. The Labute approximate surface area is 115 Å². The molecule has 0 saturated carbocycles. The van der Waals surface area contributed by atoms with Gasteiger partial charge in [0.25, 0.3) is 0 Å². The van der Waals surface area contributed by atoms with Gasteiger partial charge in [-0.3, -0.25) is 0 Å². The van der Waals surface area contributed by atoms with Crippen molar-refractivity contribution in [2.45, 2.75) is 33.6 Å². The molecule has 0 fully saturated rings. The van der Waals surface area contributed by atoms with E-state index in [2.05, 4.69) is 39.9 Å². The number of aryl methyl sites for hydroxylation is 3. The van der Waals surface area contributed by atoms with E-state index >= 15 is 0 Å². The number of nitrogens with two attached hydrogens (primary N) is 1. The van der Waals surface area contributed by atoms with Crippen molar-refractivity contribution < 1.29 is 0 Å². The second-order valence-electron chi connectivity index (χ2n) is 4.22. The number of hydrogen-bond donors (Lipinski definition) is 1. The van der Waals surface area contributed by atoms with Crippen molar-refractivity contribution in [3.63, 3.8) is 0 Å². The number of halogens is 1. The van der Waals surface area contributed by atoms with Crippen molar-refractivity contribution >= 4 is 21.6 Å². The molecule has 0 radical (unpaired) electrons. The molecule has 2 N–H and O–H groups in total. The molecule has 0 unspecified atom stereocenters. The SMILES string of the molecule is CCc1nc(CC)n(-c2cc(C)c(N)cc2Br)n1. The third kappa shape index (κ3) is 2.27. The van der Waals surface area contributed by atoms with Crippen LogP contribution in [0, 0.1) is 6.92 Å². The van der Waals surface area contributed by atoms with Gasteiger partial charge in [-0.25, -0.2) is 9.67 Å². The Morgan fingerprint density at radius 2 is 2.00 bits per heavy atom. The highest BCUT2D eigenvalue weighted by atomic mass is 79.9. The molecule has 4 nitrogen and oxygen atoms in total. The number of aromatic nitrogens is 3. The van der Waals surface area contributed by atoms with Crippen LogP contribution in [0.4, 0.5) is 5.69 Å². The predicted molar refractivity (Wildman–Crippen MR) is 77.0 cm³/mol. The van der Waals surface area contributed by atoms with Gasteiger partial charge in [0.1, 0.15) is 5.82 Å². The van der Waals surface area contributed by atoms with Crippen molar-refractivity contribution in [3.05, 3.63) is 33.8 Å². The van der Waals surface area contributed by atoms with Crippen molar-refractivity contribution in [1.29, 1.82) is 0 Å². The fourth-order valence-corrected chi connectivity index (χ4v) is 2.34. The van der Waals surface area contributed by atoms with Gasteiger partial charge >= 0.3 is 0 Å². The fraction of sp³-hybridized carbons (Fsp3) is 0.385. The zero-order valence-corrected chi connectivity index (χ0v) is 12.5. The summed E-state index contributed by atoms with van der Waals surface area (Å²) in [6.45, 7) is 6.13. The molecule has 0 atom stereocenters. The molecule has 2 aromatic rings. The molecule has 0 aliphatic heterocycles. The lowest BCUT2D eigenvalue weighted by atomic mass is 10.2. The zero-order valence-electron chi connectivity index (χ0n) is 10.9. The summed E-state index contributed by atoms with van der Waals surface area (Å²) in [7, 11) is 0. The summed E-state index contributed by atoms with van der Waals surface area (Å²) in [5.74, 6) is 1.84. The molecule has 1 aromatic heterocycles. The summed E-state index contributed by atoms with van der Waals surface area (Å²) >= 11 is 3.54. The molecule has 0 saturated heterocycles. The van der Waals surface area contributed by atoms with Crippen LogP contribution in [-0.4, -0.2) is 14.8 Å². The van der Waals surface area contributed by atoms with Crippen LogP contribution < -0.4 is 5.73 Å². The molecule has 0 spiro atoms. The minimum Gasteiger partial charge on any atom is -0.398 e. The molecule has 1 heterocycles. The molecule has 2 rings (SSSR count). The van der Waals surface area contributed by atoms with E-state index < -0.39 is 0 Å². The van der Waals surface area contributed by atoms with Crippen LogP contribution in [0.3, 0.4) is 0 Å². The highest BCUT2D eigenvalue weighted by molar-refractivity contribution is 9.10. The van der Waals surface area contributed by atoms with Crippen LogP contribution in [0.2, 0.25) is 0 Å². The average Bonchev–Trinajstić information content (AvgIpc) is 2.77. The summed E-state index contributed by atoms with van der Waals surface area (Å²) < 4.78 is 2.84. The molecule has 0 amide bonds. The first kappa shape index (κ1) is 13.1. The molecule has 0 bridgehead atoms. The Morgan fingerprint density at radius 1 is 1.28 bits per heavy atom. The number of rotatable bonds is 3. The molecule has 96 valence electrons. The second kappa shape index (κ2) is 5.10. The van der Waals surface area contributed by atoms with Gasteiger partial charge in [0.2, 0.25) is 0 Å². The van der Waals surface area contributed by atoms with E-state index in [0.29, 0.717) is 0 Å². The number of benzene rings is 1. The molecule has 5 heteroatoms. The summed E-state index contributed by atoms with van der Waals surface area (Å²) in [4.78, 5) is 4.52. The van der Waals surface area contributed by atoms with E-state index in [1.54, 1.807) is 0 Å². The Kier molecular flexibility index (Phi) is 3.71. The van der Waals surface area contributed by atoms with Crippen molar-refractivity contribution in [1.82, 2.24) is 14.8 Å². The summed E-state index contributed by atoms with van der Waals surface area (Å²) in [6.07, 6.45) is 1.69. The quantitative estimate of drug-likeness (QED) is 0.887. The minimum atomic E-state index is 0.777. The Bertz CT molecular complexity index is 575. The first-order chi connectivity index (χ1) is 8.56. The molecule has 0 aliphatic rings. The lowest BCUT2D eigenvalue weighted by molar-refractivity contribution is 0.787. The van der Waals surface area contributed by atoms with Crippen molar-refractivity contribution in [2.75, 3.05) is 5.73 Å². The van der Waals surface area contributed by atoms with Crippen LogP contribution >= 0.6 is 15.9 Å². The number of nitrogen functional groups attached to an aromatic ring is 1. The van der Waals surface area contributed by atoms with Crippen LogP contribution in [0.15, 0.2) is 16.6 Å². The fourth-order valence-electron chi connectivity index (χ4n) is 1.81. The Balaban J connectivity index is 2.60. The second-order valence-corrected chi connectivity index (χ2v) is 5.08. The molecular weight excluding hydrogens is 292 g/mol. The zero-order chi connectivity index (χ0) is 13.3. The number of hydrogen-bond acceptors (Lipinski definition) is 3. The smallest absolute Gasteiger partial charge is 0.151 e. The monoisotopic (exact) mass is 308 g/mol. The van der Waals surface area contributed by atoms with E-state index in [1.807, 2.05) is 23.7 Å². The third-order valence-corrected chi connectivity index (χ3v) is 3.55. The predicted octanol–water partition coefficient (Wildman–Crippen LogP) is 3.05. The molecule has 18 heavy (non-hydrogen) atoms. The highest BCUT2D eigenvalue weighted by Gasteiger charge is 2.12. The maximum Gasteiger partial charge on any atom is 0.151 e. The van der Waals surface area contributed by atoms with E-state index in [9.17, 15) is 0 Å². The largest absolute Gasteiger partial charge is 0.398 e. The van der Waals surface area contributed by atoms with Crippen LogP contribution in [0.1, 0.15) is 31.1 Å². The summed E-state index contributed by atoms with van der Waals surface area (Å²) in [5, 5.41) is 4.54. The van der Waals surface area contributed by atoms with Gasteiger partial charge in [0.15, 0.2) is 5.82 Å². The maximum atomic E-state index is 5.89. The first-order valence-electron chi connectivity index (χ1n) is 6.07. The number of nitrogens with zero attached hydrogens (tertiary/aromatic N) is 3. The van der Waals surface area contributed by atoms with E-state index in [-0.39, 0.29) is 0 Å². The van der Waals surface area contributed by atoms with E-state index in [1.165, 1.54) is 0 Å². The molecule has 0 aliphatic carbocycles. The summed E-state index contributed by atoms with van der Waals surface area (Å²) in [6, 6.07) is 3.95. The normalized spacial score (nSPS) is 10.9. The average molecular weight is 309 g/mol.